The third-order valence-electron chi connectivity index (χ3n) is 2.97. The zero-order valence-corrected chi connectivity index (χ0v) is 10.9. The molecule has 0 N–H and O–H groups in total. The Hall–Kier alpha value is -0.250. The smallest absolute Gasteiger partial charge is 0.0407 e. The van der Waals surface area contributed by atoms with Gasteiger partial charge in [0.05, 0.1) is 0 Å². The summed E-state index contributed by atoms with van der Waals surface area (Å²) in [6.45, 7) is 3.41. The minimum atomic E-state index is 0.699. The first-order valence-electron chi connectivity index (χ1n) is 5.20. The zero-order chi connectivity index (χ0) is 10.1. The van der Waals surface area contributed by atoms with Gasteiger partial charge >= 0.3 is 0 Å². The van der Waals surface area contributed by atoms with Crippen LogP contribution in [0.3, 0.4) is 0 Å². The van der Waals surface area contributed by atoms with Gasteiger partial charge in [-0.1, -0.05) is 41.6 Å². The van der Waals surface area contributed by atoms with Gasteiger partial charge in [0.2, 0.25) is 0 Å². The largest absolute Gasteiger partial charge is 0.374 e. The molecule has 2 heteroatoms. The van der Waals surface area contributed by atoms with E-state index < -0.39 is 0 Å². The first-order valence-corrected chi connectivity index (χ1v) is 6.45. The standard InChI is InChI=1S/C12H16IN/c1-3-9-4-5-12-10(8-9)11(13)6-7-14(12)2/h4-5,8,11H,3,6-7H2,1-2H3. The summed E-state index contributed by atoms with van der Waals surface area (Å²) in [7, 11) is 2.19. The molecule has 1 aliphatic rings. The molecule has 1 aliphatic heterocycles. The summed E-state index contributed by atoms with van der Waals surface area (Å²) >= 11 is 2.56. The summed E-state index contributed by atoms with van der Waals surface area (Å²) in [5, 5.41) is 0. The van der Waals surface area contributed by atoms with E-state index >= 15 is 0 Å². The molecule has 2 rings (SSSR count). The van der Waals surface area contributed by atoms with Crippen molar-refractivity contribution in [2.75, 3.05) is 18.5 Å². The van der Waals surface area contributed by atoms with Gasteiger partial charge in [-0.25, -0.2) is 0 Å². The van der Waals surface area contributed by atoms with E-state index in [1.807, 2.05) is 0 Å². The van der Waals surface area contributed by atoms with E-state index in [0.29, 0.717) is 3.92 Å². The quantitative estimate of drug-likeness (QED) is 0.566. The van der Waals surface area contributed by atoms with E-state index in [0.717, 1.165) is 6.42 Å². The van der Waals surface area contributed by atoms with E-state index in [4.69, 9.17) is 0 Å². The van der Waals surface area contributed by atoms with Crippen molar-refractivity contribution in [3.63, 3.8) is 0 Å². The van der Waals surface area contributed by atoms with Crippen molar-refractivity contribution < 1.29 is 0 Å². The molecule has 0 bridgehead atoms. The lowest BCUT2D eigenvalue weighted by atomic mass is 9.99. The molecule has 0 aromatic heterocycles. The second-order valence-electron chi connectivity index (χ2n) is 3.92. The van der Waals surface area contributed by atoms with Crippen molar-refractivity contribution in [2.45, 2.75) is 23.7 Å². The molecule has 1 atom stereocenters. The van der Waals surface area contributed by atoms with Crippen molar-refractivity contribution in [1.82, 2.24) is 0 Å². The number of anilines is 1. The normalized spacial score (nSPS) is 20.8. The number of alkyl halides is 1. The number of hydrogen-bond donors (Lipinski definition) is 0. The van der Waals surface area contributed by atoms with Crippen molar-refractivity contribution in [1.29, 1.82) is 0 Å². The van der Waals surface area contributed by atoms with E-state index in [2.05, 4.69) is 59.7 Å². The predicted octanol–water partition coefficient (Wildman–Crippen LogP) is 3.57. The molecule has 1 heterocycles. The van der Waals surface area contributed by atoms with Crippen LogP contribution >= 0.6 is 22.6 Å². The lowest BCUT2D eigenvalue weighted by molar-refractivity contribution is 0.746. The molecule has 0 saturated heterocycles. The lowest BCUT2D eigenvalue weighted by Crippen LogP contribution is -2.25. The fraction of sp³-hybridized carbons (Fsp3) is 0.500. The lowest BCUT2D eigenvalue weighted by Gasteiger charge is -2.31. The molecule has 0 saturated carbocycles. The fourth-order valence-corrected chi connectivity index (χ4v) is 2.78. The summed E-state index contributed by atoms with van der Waals surface area (Å²) < 4.78 is 0.699. The Morgan fingerprint density at radius 1 is 1.50 bits per heavy atom. The molecule has 1 aromatic carbocycles. The van der Waals surface area contributed by atoms with E-state index in [9.17, 15) is 0 Å². The van der Waals surface area contributed by atoms with E-state index in [-0.39, 0.29) is 0 Å². The van der Waals surface area contributed by atoms with Gasteiger partial charge in [-0.2, -0.15) is 0 Å². The summed E-state index contributed by atoms with van der Waals surface area (Å²) in [5.74, 6) is 0. The molecule has 1 nitrogen and oxygen atoms in total. The second-order valence-corrected chi connectivity index (χ2v) is 5.43. The minimum absolute atomic E-state index is 0.699. The third-order valence-corrected chi connectivity index (χ3v) is 4.26. The Morgan fingerprint density at radius 2 is 2.29 bits per heavy atom. The fourth-order valence-electron chi connectivity index (χ4n) is 2.01. The zero-order valence-electron chi connectivity index (χ0n) is 8.76. The number of fused-ring (bicyclic) bond motifs is 1. The van der Waals surface area contributed by atoms with Crippen LogP contribution in [0.25, 0.3) is 0 Å². The van der Waals surface area contributed by atoms with Crippen LogP contribution in [0.5, 0.6) is 0 Å². The van der Waals surface area contributed by atoms with Crippen LogP contribution in [-0.4, -0.2) is 13.6 Å². The second kappa shape index (κ2) is 4.09. The van der Waals surface area contributed by atoms with Gasteiger partial charge in [0.15, 0.2) is 0 Å². The Kier molecular flexibility index (Phi) is 3.00. The number of hydrogen-bond acceptors (Lipinski definition) is 1. The number of nitrogens with zero attached hydrogens (tertiary/aromatic N) is 1. The summed E-state index contributed by atoms with van der Waals surface area (Å²) in [6, 6.07) is 6.91. The van der Waals surface area contributed by atoms with Gasteiger partial charge in [-0.15, -0.1) is 0 Å². The van der Waals surface area contributed by atoms with Crippen molar-refractivity contribution in [3.8, 4) is 0 Å². The van der Waals surface area contributed by atoms with Gasteiger partial charge < -0.3 is 4.90 Å². The predicted molar refractivity (Wildman–Crippen MR) is 70.5 cm³/mol. The number of halogens is 1. The third kappa shape index (κ3) is 1.76. The van der Waals surface area contributed by atoms with Crippen LogP contribution in [0.15, 0.2) is 18.2 Å². The molecule has 0 spiro atoms. The van der Waals surface area contributed by atoms with Crippen molar-refractivity contribution in [2.24, 2.45) is 0 Å². The van der Waals surface area contributed by atoms with Gasteiger partial charge in [-0.05, 0) is 30.0 Å². The molecule has 0 aliphatic carbocycles. The van der Waals surface area contributed by atoms with Crippen LogP contribution in [-0.2, 0) is 6.42 Å². The molecule has 0 amide bonds. The molecular formula is C12H16IN. The first-order chi connectivity index (χ1) is 6.72. The van der Waals surface area contributed by atoms with Crippen molar-refractivity contribution in [3.05, 3.63) is 29.3 Å². The molecule has 1 unspecified atom stereocenters. The molecule has 0 radical (unpaired) electrons. The number of aryl methyl sites for hydroxylation is 1. The molecule has 0 fully saturated rings. The highest BCUT2D eigenvalue weighted by Gasteiger charge is 2.20. The monoisotopic (exact) mass is 301 g/mol. The van der Waals surface area contributed by atoms with Gasteiger partial charge in [0.1, 0.15) is 0 Å². The highest BCUT2D eigenvalue weighted by molar-refractivity contribution is 14.1. The van der Waals surface area contributed by atoms with Crippen LogP contribution < -0.4 is 4.90 Å². The maximum Gasteiger partial charge on any atom is 0.0407 e. The van der Waals surface area contributed by atoms with Crippen molar-refractivity contribution >= 4 is 28.3 Å². The summed E-state index contributed by atoms with van der Waals surface area (Å²) in [5.41, 5.74) is 4.41. The average molecular weight is 301 g/mol. The molecule has 76 valence electrons. The Labute approximate surface area is 99.6 Å². The van der Waals surface area contributed by atoms with Crippen LogP contribution in [0.2, 0.25) is 0 Å². The maximum atomic E-state index is 2.56. The molecule has 1 aromatic rings. The molecular weight excluding hydrogens is 285 g/mol. The van der Waals surface area contributed by atoms with E-state index in [1.165, 1.54) is 29.8 Å². The molecule has 14 heavy (non-hydrogen) atoms. The first kappa shape index (κ1) is 10.3. The highest BCUT2D eigenvalue weighted by atomic mass is 127. The van der Waals surface area contributed by atoms with Gasteiger partial charge in [0, 0.05) is 23.2 Å². The van der Waals surface area contributed by atoms with Gasteiger partial charge in [-0.3, -0.25) is 0 Å². The van der Waals surface area contributed by atoms with Crippen LogP contribution in [0, 0.1) is 0 Å². The van der Waals surface area contributed by atoms with E-state index in [1.54, 1.807) is 0 Å². The van der Waals surface area contributed by atoms with Gasteiger partial charge in [0.25, 0.3) is 0 Å². The summed E-state index contributed by atoms with van der Waals surface area (Å²) in [6.07, 6.45) is 2.41. The SMILES string of the molecule is CCc1ccc2c(c1)C(I)CCN2C. The van der Waals surface area contributed by atoms with Crippen LogP contribution in [0.4, 0.5) is 5.69 Å². The Morgan fingerprint density at radius 3 is 3.00 bits per heavy atom. The maximum absolute atomic E-state index is 2.56. The van der Waals surface area contributed by atoms with Crippen LogP contribution in [0.1, 0.15) is 28.4 Å². The Bertz CT molecular complexity index is 335. The number of rotatable bonds is 1. The Balaban J connectivity index is 2.45. The highest BCUT2D eigenvalue weighted by Crippen LogP contribution is 2.39. The topological polar surface area (TPSA) is 3.24 Å². The minimum Gasteiger partial charge on any atom is -0.374 e. The summed E-state index contributed by atoms with van der Waals surface area (Å²) in [4.78, 5) is 2.37. The average Bonchev–Trinajstić information content (AvgIpc) is 2.23. The number of benzene rings is 1.